The number of halogens is 1. The molecule has 2 nitrogen and oxygen atoms in total. The molecule has 1 fully saturated rings. The summed E-state index contributed by atoms with van der Waals surface area (Å²) in [4.78, 5) is 0. The largest absolute Gasteiger partial charge is 0.487 e. The summed E-state index contributed by atoms with van der Waals surface area (Å²) in [5.74, 6) is 1.05. The van der Waals surface area contributed by atoms with Crippen molar-refractivity contribution in [3.63, 3.8) is 0 Å². The van der Waals surface area contributed by atoms with E-state index < -0.39 is 0 Å². The highest BCUT2D eigenvalue weighted by atomic mass is 35.5. The van der Waals surface area contributed by atoms with Crippen LogP contribution in [0.5, 0.6) is 5.75 Å². The maximum absolute atomic E-state index is 6.61. The number of fused-ring (bicyclic) bond motifs is 2. The van der Waals surface area contributed by atoms with Crippen molar-refractivity contribution in [2.45, 2.75) is 57.2 Å². The van der Waals surface area contributed by atoms with Crippen LogP contribution in [0.1, 0.15) is 54.8 Å². The van der Waals surface area contributed by atoms with Gasteiger partial charge in [-0.3, -0.25) is 0 Å². The molecule has 0 bridgehead atoms. The van der Waals surface area contributed by atoms with Crippen molar-refractivity contribution in [2.24, 2.45) is 0 Å². The van der Waals surface area contributed by atoms with Crippen molar-refractivity contribution >= 4 is 22.4 Å². The van der Waals surface area contributed by atoms with E-state index in [2.05, 4.69) is 60.8 Å². The molecule has 28 heavy (non-hydrogen) atoms. The second-order valence-corrected chi connectivity index (χ2v) is 8.89. The smallest absolute Gasteiger partial charge is 0.127 e. The van der Waals surface area contributed by atoms with Gasteiger partial charge in [-0.25, -0.2) is 0 Å². The Hall–Kier alpha value is -2.03. The molecule has 1 atom stereocenters. The van der Waals surface area contributed by atoms with E-state index in [1.54, 1.807) is 0 Å². The van der Waals surface area contributed by atoms with E-state index in [1.807, 2.05) is 6.07 Å². The highest BCUT2D eigenvalue weighted by Gasteiger charge is 2.43. The van der Waals surface area contributed by atoms with Gasteiger partial charge in [-0.05, 0) is 72.7 Å². The van der Waals surface area contributed by atoms with Crippen LogP contribution in [-0.4, -0.2) is 5.60 Å². The van der Waals surface area contributed by atoms with Gasteiger partial charge in [0.05, 0.1) is 0 Å². The lowest BCUT2D eigenvalue weighted by Gasteiger charge is -2.41. The summed E-state index contributed by atoms with van der Waals surface area (Å²) < 4.78 is 6.61. The molecule has 0 saturated heterocycles. The average molecular weight is 392 g/mol. The molecule has 1 aliphatic heterocycles. The van der Waals surface area contributed by atoms with E-state index in [0.717, 1.165) is 42.1 Å². The van der Waals surface area contributed by atoms with Crippen molar-refractivity contribution in [1.29, 1.82) is 0 Å². The van der Waals surface area contributed by atoms with Crippen LogP contribution in [0.3, 0.4) is 0 Å². The SMILES string of the molecule is Cc1cc(Cl)cc2c1OC1(CCCC1)CC2NCc1ccc2ccccc2c1. The fourth-order valence-corrected chi connectivity index (χ4v) is 5.27. The minimum atomic E-state index is -0.00730. The molecule has 1 spiro atoms. The molecule has 3 heteroatoms. The standard InChI is InChI=1S/C25H26ClNO/c1-17-12-21(26)14-22-23(15-25(28-24(17)22)10-4-5-11-25)27-16-18-8-9-19-6-2-3-7-20(19)13-18/h2-3,6-9,12-14,23,27H,4-5,10-11,15-16H2,1H3. The third-order valence-electron chi connectivity index (χ3n) is 6.42. The van der Waals surface area contributed by atoms with E-state index in [4.69, 9.17) is 16.3 Å². The minimum absolute atomic E-state index is 0.00730. The molecular weight excluding hydrogens is 366 g/mol. The molecule has 1 saturated carbocycles. The Morgan fingerprint density at radius 3 is 2.64 bits per heavy atom. The zero-order chi connectivity index (χ0) is 19.1. The lowest BCUT2D eigenvalue weighted by Crippen LogP contribution is -2.42. The predicted molar refractivity (Wildman–Crippen MR) is 116 cm³/mol. The van der Waals surface area contributed by atoms with Crippen LogP contribution in [0.2, 0.25) is 5.02 Å². The van der Waals surface area contributed by atoms with Crippen LogP contribution in [0.15, 0.2) is 54.6 Å². The summed E-state index contributed by atoms with van der Waals surface area (Å²) in [6.07, 6.45) is 5.86. The summed E-state index contributed by atoms with van der Waals surface area (Å²) in [5.41, 5.74) is 3.66. The van der Waals surface area contributed by atoms with Crippen molar-refractivity contribution < 1.29 is 4.74 Å². The Labute approximate surface area is 171 Å². The first kappa shape index (κ1) is 18.0. The Morgan fingerprint density at radius 2 is 1.82 bits per heavy atom. The Morgan fingerprint density at radius 1 is 1.04 bits per heavy atom. The summed E-state index contributed by atoms with van der Waals surface area (Å²) in [7, 11) is 0. The van der Waals surface area contributed by atoms with E-state index in [1.165, 1.54) is 34.7 Å². The topological polar surface area (TPSA) is 21.3 Å². The van der Waals surface area contributed by atoms with Crippen molar-refractivity contribution in [2.75, 3.05) is 0 Å². The van der Waals surface area contributed by atoms with Crippen LogP contribution in [0.25, 0.3) is 10.8 Å². The first-order chi connectivity index (χ1) is 13.6. The maximum atomic E-state index is 6.61. The molecule has 144 valence electrons. The van der Waals surface area contributed by atoms with Gasteiger partial charge in [0.1, 0.15) is 11.4 Å². The van der Waals surface area contributed by atoms with Crippen LogP contribution >= 0.6 is 11.6 Å². The number of aryl methyl sites for hydroxylation is 1. The number of hydrogen-bond acceptors (Lipinski definition) is 2. The second kappa shape index (κ2) is 7.09. The molecule has 2 aliphatic rings. The lowest BCUT2D eigenvalue weighted by molar-refractivity contribution is 0.0356. The minimum Gasteiger partial charge on any atom is -0.487 e. The normalized spacial score (nSPS) is 20.3. The first-order valence-corrected chi connectivity index (χ1v) is 10.7. The van der Waals surface area contributed by atoms with Crippen LogP contribution < -0.4 is 10.1 Å². The molecule has 3 aromatic rings. The molecule has 1 aliphatic carbocycles. The number of ether oxygens (including phenoxy) is 1. The molecule has 3 aromatic carbocycles. The molecule has 1 unspecified atom stereocenters. The second-order valence-electron chi connectivity index (χ2n) is 8.45. The van der Waals surface area contributed by atoms with Crippen LogP contribution in [0.4, 0.5) is 0 Å². The lowest BCUT2D eigenvalue weighted by atomic mass is 9.85. The number of benzene rings is 3. The zero-order valence-corrected chi connectivity index (χ0v) is 17.1. The van der Waals surface area contributed by atoms with Gasteiger partial charge >= 0.3 is 0 Å². The third kappa shape index (κ3) is 3.29. The van der Waals surface area contributed by atoms with Crippen molar-refractivity contribution in [3.05, 3.63) is 76.3 Å². The molecule has 0 radical (unpaired) electrons. The Kier molecular flexibility index (Phi) is 4.57. The Balaban J connectivity index is 1.44. The third-order valence-corrected chi connectivity index (χ3v) is 6.64. The number of rotatable bonds is 3. The quantitative estimate of drug-likeness (QED) is 0.534. The highest BCUT2D eigenvalue weighted by molar-refractivity contribution is 6.30. The van der Waals surface area contributed by atoms with E-state index in [-0.39, 0.29) is 11.6 Å². The molecule has 5 rings (SSSR count). The first-order valence-electron chi connectivity index (χ1n) is 10.3. The fourth-order valence-electron chi connectivity index (χ4n) is 4.99. The van der Waals surface area contributed by atoms with Gasteiger partial charge in [-0.1, -0.05) is 48.0 Å². The molecular formula is C25H26ClNO. The molecule has 1 N–H and O–H groups in total. The molecule has 0 amide bonds. The summed E-state index contributed by atoms with van der Waals surface area (Å²) in [5, 5.41) is 7.20. The van der Waals surface area contributed by atoms with Gasteiger partial charge in [0.2, 0.25) is 0 Å². The fraction of sp³-hybridized carbons (Fsp3) is 0.360. The van der Waals surface area contributed by atoms with E-state index in [9.17, 15) is 0 Å². The van der Waals surface area contributed by atoms with Gasteiger partial charge in [0.25, 0.3) is 0 Å². The monoisotopic (exact) mass is 391 g/mol. The van der Waals surface area contributed by atoms with E-state index in [0.29, 0.717) is 0 Å². The predicted octanol–water partition coefficient (Wildman–Crippen LogP) is 6.73. The molecule has 1 heterocycles. The van der Waals surface area contributed by atoms with Crippen molar-refractivity contribution in [3.8, 4) is 5.75 Å². The number of hydrogen-bond donors (Lipinski definition) is 1. The van der Waals surface area contributed by atoms with Crippen molar-refractivity contribution in [1.82, 2.24) is 5.32 Å². The maximum Gasteiger partial charge on any atom is 0.127 e. The average Bonchev–Trinajstić information content (AvgIpc) is 3.14. The van der Waals surface area contributed by atoms with Gasteiger partial charge in [0, 0.05) is 29.6 Å². The highest BCUT2D eigenvalue weighted by Crippen LogP contribution is 2.49. The van der Waals surface area contributed by atoms with Gasteiger partial charge in [0.15, 0.2) is 0 Å². The van der Waals surface area contributed by atoms with Gasteiger partial charge in [-0.2, -0.15) is 0 Å². The summed E-state index contributed by atoms with van der Waals surface area (Å²) >= 11 is 6.40. The number of nitrogens with one attached hydrogen (secondary N) is 1. The molecule has 0 aromatic heterocycles. The summed E-state index contributed by atoms with van der Waals surface area (Å²) in [6.45, 7) is 2.95. The van der Waals surface area contributed by atoms with E-state index >= 15 is 0 Å². The zero-order valence-electron chi connectivity index (χ0n) is 16.3. The van der Waals surface area contributed by atoms with Gasteiger partial charge in [-0.15, -0.1) is 0 Å². The van der Waals surface area contributed by atoms with Gasteiger partial charge < -0.3 is 10.1 Å². The van der Waals surface area contributed by atoms with Crippen LogP contribution in [0, 0.1) is 6.92 Å². The summed E-state index contributed by atoms with van der Waals surface area (Å²) in [6, 6.07) is 19.6. The Bertz CT molecular complexity index is 1020. The van der Waals surface area contributed by atoms with Crippen LogP contribution in [-0.2, 0) is 6.54 Å².